The number of likely N-dealkylation sites (N-methyl/N-ethyl adjacent to an activating group) is 1. The zero-order chi connectivity index (χ0) is 20.9. The van der Waals surface area contributed by atoms with Gasteiger partial charge in [0.05, 0.1) is 0 Å². The van der Waals surface area contributed by atoms with E-state index in [2.05, 4.69) is 11.8 Å². The SMILES string of the molecule is CCN(C(=O)OC1CCC(N2CCCCC2)CC1)C(C)Cc1ccc2c(c1)OCO2. The van der Waals surface area contributed by atoms with Crippen molar-refractivity contribution in [3.05, 3.63) is 23.8 Å². The normalized spacial score (nSPS) is 25.0. The largest absolute Gasteiger partial charge is 0.454 e. The summed E-state index contributed by atoms with van der Waals surface area (Å²) in [6.45, 7) is 7.52. The van der Waals surface area contributed by atoms with Crippen LogP contribution in [0.3, 0.4) is 0 Å². The topological polar surface area (TPSA) is 51.2 Å². The third-order valence-electron chi connectivity index (χ3n) is 6.89. The van der Waals surface area contributed by atoms with Gasteiger partial charge < -0.3 is 24.0 Å². The summed E-state index contributed by atoms with van der Waals surface area (Å²) in [5.41, 5.74) is 1.14. The predicted molar refractivity (Wildman–Crippen MR) is 116 cm³/mol. The van der Waals surface area contributed by atoms with Gasteiger partial charge in [-0.05, 0) is 89.6 Å². The number of rotatable bonds is 6. The van der Waals surface area contributed by atoms with E-state index < -0.39 is 0 Å². The number of likely N-dealkylation sites (tertiary alicyclic amines) is 1. The smallest absolute Gasteiger partial charge is 0.410 e. The number of carbonyl (C=O) groups is 1. The van der Waals surface area contributed by atoms with Crippen LogP contribution in [0.4, 0.5) is 4.79 Å². The van der Waals surface area contributed by atoms with Crippen LogP contribution < -0.4 is 9.47 Å². The molecule has 1 atom stereocenters. The van der Waals surface area contributed by atoms with Gasteiger partial charge in [0.2, 0.25) is 6.79 Å². The van der Waals surface area contributed by atoms with Crippen molar-refractivity contribution in [2.45, 2.75) is 83.4 Å². The molecular weight excluding hydrogens is 380 g/mol. The molecule has 2 heterocycles. The first-order chi connectivity index (χ1) is 14.6. The summed E-state index contributed by atoms with van der Waals surface area (Å²) in [4.78, 5) is 17.4. The van der Waals surface area contributed by atoms with Crippen LogP contribution in [0.15, 0.2) is 18.2 Å². The monoisotopic (exact) mass is 416 g/mol. The van der Waals surface area contributed by atoms with Gasteiger partial charge in [-0.3, -0.25) is 0 Å². The summed E-state index contributed by atoms with van der Waals surface area (Å²) < 4.78 is 16.8. The molecule has 1 aliphatic carbocycles. The Morgan fingerprint density at radius 1 is 1.13 bits per heavy atom. The van der Waals surface area contributed by atoms with Crippen molar-refractivity contribution < 1.29 is 19.0 Å². The molecule has 1 aromatic carbocycles. The molecule has 4 rings (SSSR count). The second kappa shape index (κ2) is 9.90. The number of piperidine rings is 1. The van der Waals surface area contributed by atoms with Crippen molar-refractivity contribution in [2.75, 3.05) is 26.4 Å². The van der Waals surface area contributed by atoms with Crippen molar-refractivity contribution in [2.24, 2.45) is 0 Å². The minimum atomic E-state index is -0.174. The maximum absolute atomic E-state index is 12.9. The van der Waals surface area contributed by atoms with Gasteiger partial charge in [-0.25, -0.2) is 4.79 Å². The Labute approximate surface area is 180 Å². The zero-order valence-corrected chi connectivity index (χ0v) is 18.5. The lowest BCUT2D eigenvalue weighted by molar-refractivity contribution is 0.0196. The Bertz CT molecular complexity index is 711. The summed E-state index contributed by atoms with van der Waals surface area (Å²) in [7, 11) is 0. The molecule has 0 radical (unpaired) electrons. The zero-order valence-electron chi connectivity index (χ0n) is 18.5. The first-order valence-electron chi connectivity index (χ1n) is 11.7. The van der Waals surface area contributed by atoms with Crippen LogP contribution >= 0.6 is 0 Å². The number of ether oxygens (including phenoxy) is 3. The molecule has 166 valence electrons. The highest BCUT2D eigenvalue weighted by atomic mass is 16.7. The molecule has 6 nitrogen and oxygen atoms in total. The Morgan fingerprint density at radius 3 is 2.60 bits per heavy atom. The fourth-order valence-corrected chi connectivity index (χ4v) is 5.16. The van der Waals surface area contributed by atoms with Crippen molar-refractivity contribution in [1.29, 1.82) is 0 Å². The lowest BCUT2D eigenvalue weighted by Crippen LogP contribution is -2.44. The van der Waals surface area contributed by atoms with Gasteiger partial charge >= 0.3 is 6.09 Å². The number of benzene rings is 1. The molecule has 2 aliphatic heterocycles. The van der Waals surface area contributed by atoms with E-state index in [4.69, 9.17) is 14.2 Å². The lowest BCUT2D eigenvalue weighted by Gasteiger charge is -2.39. The third kappa shape index (κ3) is 5.02. The molecule has 1 saturated heterocycles. The van der Waals surface area contributed by atoms with Crippen LogP contribution in [0.1, 0.15) is 64.4 Å². The summed E-state index contributed by atoms with van der Waals surface area (Å²) in [6.07, 6.45) is 8.97. The highest BCUT2D eigenvalue weighted by Gasteiger charge is 2.30. The number of hydrogen-bond donors (Lipinski definition) is 0. The Kier molecular flexibility index (Phi) is 7.03. The molecule has 30 heavy (non-hydrogen) atoms. The van der Waals surface area contributed by atoms with E-state index in [-0.39, 0.29) is 25.0 Å². The van der Waals surface area contributed by atoms with Crippen molar-refractivity contribution >= 4 is 6.09 Å². The van der Waals surface area contributed by atoms with Gasteiger partial charge in [0.1, 0.15) is 6.10 Å². The van der Waals surface area contributed by atoms with Gasteiger partial charge in [0.15, 0.2) is 11.5 Å². The molecule has 0 spiro atoms. The van der Waals surface area contributed by atoms with E-state index in [9.17, 15) is 4.79 Å². The molecule has 0 N–H and O–H groups in total. The molecule has 0 aromatic heterocycles. The van der Waals surface area contributed by atoms with E-state index in [1.165, 1.54) is 32.4 Å². The van der Waals surface area contributed by atoms with Crippen molar-refractivity contribution in [3.63, 3.8) is 0 Å². The first-order valence-corrected chi connectivity index (χ1v) is 11.7. The maximum Gasteiger partial charge on any atom is 0.410 e. The highest BCUT2D eigenvalue weighted by molar-refractivity contribution is 5.68. The Balaban J connectivity index is 1.26. The van der Waals surface area contributed by atoms with E-state index in [0.717, 1.165) is 49.2 Å². The molecule has 1 amide bonds. The van der Waals surface area contributed by atoms with Crippen LogP contribution in [0.5, 0.6) is 11.5 Å². The molecular formula is C24H36N2O4. The fourth-order valence-electron chi connectivity index (χ4n) is 5.16. The number of carbonyl (C=O) groups excluding carboxylic acids is 1. The van der Waals surface area contributed by atoms with Crippen LogP contribution in [0.2, 0.25) is 0 Å². The van der Waals surface area contributed by atoms with E-state index in [1.54, 1.807) is 0 Å². The maximum atomic E-state index is 12.9. The molecule has 1 aromatic rings. The summed E-state index contributed by atoms with van der Waals surface area (Å²) in [5, 5.41) is 0. The standard InChI is InChI=1S/C24H36N2O4/c1-3-26(18(2)15-19-7-12-22-23(16-19)29-17-28-22)24(27)30-21-10-8-20(9-11-21)25-13-5-4-6-14-25/h7,12,16,18,20-21H,3-6,8-11,13-15,17H2,1-2H3. The van der Waals surface area contributed by atoms with Crippen LogP contribution in [0.25, 0.3) is 0 Å². The number of amides is 1. The van der Waals surface area contributed by atoms with Gasteiger partial charge in [0.25, 0.3) is 0 Å². The molecule has 2 fully saturated rings. The molecule has 1 unspecified atom stereocenters. The summed E-state index contributed by atoms with van der Waals surface area (Å²) >= 11 is 0. The minimum Gasteiger partial charge on any atom is -0.454 e. The summed E-state index contributed by atoms with van der Waals surface area (Å²) in [5.74, 6) is 1.58. The van der Waals surface area contributed by atoms with E-state index >= 15 is 0 Å². The van der Waals surface area contributed by atoms with Crippen molar-refractivity contribution in [1.82, 2.24) is 9.80 Å². The quantitative estimate of drug-likeness (QED) is 0.678. The van der Waals surface area contributed by atoms with Crippen molar-refractivity contribution in [3.8, 4) is 11.5 Å². The summed E-state index contributed by atoms with van der Waals surface area (Å²) in [6, 6.07) is 6.75. The minimum absolute atomic E-state index is 0.0605. The van der Waals surface area contributed by atoms with Crippen LogP contribution in [-0.2, 0) is 11.2 Å². The molecule has 0 bridgehead atoms. The average molecular weight is 417 g/mol. The molecule has 3 aliphatic rings. The van der Waals surface area contributed by atoms with Gasteiger partial charge in [-0.2, -0.15) is 0 Å². The predicted octanol–water partition coefficient (Wildman–Crippen LogP) is 4.60. The van der Waals surface area contributed by atoms with Crippen LogP contribution in [0, 0.1) is 0 Å². The lowest BCUT2D eigenvalue weighted by atomic mass is 9.90. The fraction of sp³-hybridized carbons (Fsp3) is 0.708. The second-order valence-electron chi connectivity index (χ2n) is 8.94. The Hall–Kier alpha value is -1.95. The van der Waals surface area contributed by atoms with Gasteiger partial charge in [-0.1, -0.05) is 12.5 Å². The van der Waals surface area contributed by atoms with Gasteiger partial charge in [0, 0.05) is 18.6 Å². The second-order valence-corrected chi connectivity index (χ2v) is 8.94. The first kappa shape index (κ1) is 21.3. The number of nitrogens with zero attached hydrogens (tertiary/aromatic N) is 2. The number of hydrogen-bond acceptors (Lipinski definition) is 5. The number of fused-ring (bicyclic) bond motifs is 1. The highest BCUT2D eigenvalue weighted by Crippen LogP contribution is 2.33. The van der Waals surface area contributed by atoms with E-state index in [0.29, 0.717) is 12.6 Å². The van der Waals surface area contributed by atoms with Gasteiger partial charge in [-0.15, -0.1) is 0 Å². The molecule has 1 saturated carbocycles. The van der Waals surface area contributed by atoms with E-state index in [1.807, 2.05) is 30.0 Å². The Morgan fingerprint density at radius 2 is 1.87 bits per heavy atom. The third-order valence-corrected chi connectivity index (χ3v) is 6.89. The van der Waals surface area contributed by atoms with Crippen LogP contribution in [-0.4, -0.2) is 60.5 Å². The molecule has 6 heteroatoms. The average Bonchev–Trinajstić information content (AvgIpc) is 3.23.